The molecular weight excluding hydrogens is 420 g/mol. The van der Waals surface area contributed by atoms with Crippen molar-refractivity contribution in [2.75, 3.05) is 38.2 Å². The van der Waals surface area contributed by atoms with Gasteiger partial charge >= 0.3 is 11.7 Å². The van der Waals surface area contributed by atoms with E-state index < -0.39 is 45.4 Å². The van der Waals surface area contributed by atoms with Crippen LogP contribution in [-0.4, -0.2) is 67.5 Å². The number of aromatic nitrogens is 2. The smallest absolute Gasteiger partial charge is 0.355 e. The number of rotatable bonds is 6. The van der Waals surface area contributed by atoms with Gasteiger partial charge in [-0.3, -0.25) is 14.6 Å². The molecule has 3 N–H and O–H groups in total. The number of aromatic amines is 2. The molecule has 1 fully saturated rings. The Kier molecular flexibility index (Phi) is 6.44. The SMILES string of the molecule is O=C(COC(=O)c1cc(=O)[nH]c(=O)[nH]1)Nc1ccc(S(=O)(=O)N2CCOCC2)cc1. The molecule has 1 saturated heterocycles. The van der Waals surface area contributed by atoms with Gasteiger partial charge in [0.2, 0.25) is 10.0 Å². The van der Waals surface area contributed by atoms with E-state index in [1.165, 1.54) is 28.6 Å². The number of sulfonamides is 1. The van der Waals surface area contributed by atoms with E-state index in [2.05, 4.69) is 10.3 Å². The highest BCUT2D eigenvalue weighted by Crippen LogP contribution is 2.19. The Morgan fingerprint density at radius 3 is 2.40 bits per heavy atom. The molecule has 0 spiro atoms. The first-order valence-corrected chi connectivity index (χ1v) is 10.2. The van der Waals surface area contributed by atoms with Crippen molar-refractivity contribution in [1.29, 1.82) is 0 Å². The highest BCUT2D eigenvalue weighted by atomic mass is 32.2. The molecule has 30 heavy (non-hydrogen) atoms. The zero-order valence-corrected chi connectivity index (χ0v) is 16.4. The molecular formula is C17H18N4O8S. The van der Waals surface area contributed by atoms with E-state index in [1.54, 1.807) is 0 Å². The average molecular weight is 438 g/mol. The normalized spacial score (nSPS) is 14.8. The third kappa shape index (κ3) is 5.20. The van der Waals surface area contributed by atoms with Gasteiger partial charge in [-0.15, -0.1) is 0 Å². The zero-order chi connectivity index (χ0) is 21.7. The molecule has 0 atom stereocenters. The lowest BCUT2D eigenvalue weighted by Gasteiger charge is -2.26. The number of amides is 1. The Balaban J connectivity index is 1.57. The highest BCUT2D eigenvalue weighted by molar-refractivity contribution is 7.89. The summed E-state index contributed by atoms with van der Waals surface area (Å²) in [5.74, 6) is -1.75. The van der Waals surface area contributed by atoms with Crippen LogP contribution in [0.1, 0.15) is 10.5 Å². The molecule has 0 saturated carbocycles. The van der Waals surface area contributed by atoms with Crippen LogP contribution in [0, 0.1) is 0 Å². The second kappa shape index (κ2) is 9.02. The first kappa shape index (κ1) is 21.4. The molecule has 0 bridgehead atoms. The number of carbonyl (C=O) groups is 2. The number of anilines is 1. The summed E-state index contributed by atoms with van der Waals surface area (Å²) in [6.07, 6.45) is 0. The summed E-state index contributed by atoms with van der Waals surface area (Å²) in [5.41, 5.74) is -1.77. The van der Waals surface area contributed by atoms with Crippen molar-refractivity contribution in [2.45, 2.75) is 4.90 Å². The van der Waals surface area contributed by atoms with Gasteiger partial charge in [0.1, 0.15) is 5.69 Å². The molecule has 3 rings (SSSR count). The summed E-state index contributed by atoms with van der Waals surface area (Å²) in [6, 6.07) is 6.35. The number of hydrogen-bond donors (Lipinski definition) is 3. The van der Waals surface area contributed by atoms with Crippen LogP contribution in [0.2, 0.25) is 0 Å². The number of hydrogen-bond acceptors (Lipinski definition) is 8. The van der Waals surface area contributed by atoms with Crippen LogP contribution in [0.25, 0.3) is 0 Å². The molecule has 2 aromatic rings. The fourth-order valence-corrected chi connectivity index (χ4v) is 4.04. The molecule has 160 valence electrons. The molecule has 1 aromatic heterocycles. The van der Waals surface area contributed by atoms with E-state index in [1.807, 2.05) is 4.98 Å². The van der Waals surface area contributed by atoms with Crippen LogP contribution in [0.3, 0.4) is 0 Å². The van der Waals surface area contributed by atoms with E-state index >= 15 is 0 Å². The molecule has 1 amide bonds. The largest absolute Gasteiger partial charge is 0.451 e. The average Bonchev–Trinajstić information content (AvgIpc) is 2.72. The predicted octanol–water partition coefficient (Wildman–Crippen LogP) is -1.12. The first-order valence-electron chi connectivity index (χ1n) is 8.74. The minimum atomic E-state index is -3.65. The summed E-state index contributed by atoms with van der Waals surface area (Å²) in [6.45, 7) is 0.520. The van der Waals surface area contributed by atoms with Gasteiger partial charge in [0.05, 0.1) is 18.1 Å². The van der Waals surface area contributed by atoms with Gasteiger partial charge in [0, 0.05) is 24.8 Å². The third-order valence-corrected chi connectivity index (χ3v) is 5.97. The lowest BCUT2D eigenvalue weighted by atomic mass is 10.3. The van der Waals surface area contributed by atoms with Crippen molar-refractivity contribution in [3.8, 4) is 0 Å². The number of ether oxygens (including phenoxy) is 2. The molecule has 2 heterocycles. The van der Waals surface area contributed by atoms with Gasteiger partial charge in [0.25, 0.3) is 11.5 Å². The van der Waals surface area contributed by atoms with Crippen LogP contribution in [-0.2, 0) is 24.3 Å². The second-order valence-electron chi connectivity index (χ2n) is 6.17. The number of nitrogens with zero attached hydrogens (tertiary/aromatic N) is 1. The number of carbonyl (C=O) groups excluding carboxylic acids is 2. The Morgan fingerprint density at radius 2 is 1.77 bits per heavy atom. The van der Waals surface area contributed by atoms with Gasteiger partial charge in [0.15, 0.2) is 6.61 Å². The van der Waals surface area contributed by atoms with Crippen molar-refractivity contribution >= 4 is 27.6 Å². The van der Waals surface area contributed by atoms with Crippen molar-refractivity contribution < 1.29 is 27.5 Å². The molecule has 12 nitrogen and oxygen atoms in total. The summed E-state index contributed by atoms with van der Waals surface area (Å²) >= 11 is 0. The predicted molar refractivity (Wildman–Crippen MR) is 103 cm³/mol. The maximum absolute atomic E-state index is 12.6. The number of nitrogens with one attached hydrogen (secondary N) is 3. The summed E-state index contributed by atoms with van der Waals surface area (Å²) in [7, 11) is -3.65. The Labute approximate surface area is 169 Å². The number of benzene rings is 1. The van der Waals surface area contributed by atoms with Crippen LogP contribution in [0.15, 0.2) is 44.8 Å². The van der Waals surface area contributed by atoms with Gasteiger partial charge in [-0.2, -0.15) is 4.31 Å². The Bertz CT molecular complexity index is 1120. The quantitative estimate of drug-likeness (QED) is 0.477. The Hall–Kier alpha value is -3.29. The minimum absolute atomic E-state index is 0.0760. The molecule has 13 heteroatoms. The van der Waals surface area contributed by atoms with Crippen LogP contribution in [0.4, 0.5) is 5.69 Å². The maximum Gasteiger partial charge on any atom is 0.355 e. The lowest BCUT2D eigenvalue weighted by Crippen LogP contribution is -2.40. The summed E-state index contributed by atoms with van der Waals surface area (Å²) in [5, 5.41) is 2.45. The summed E-state index contributed by atoms with van der Waals surface area (Å²) < 4.78 is 36.3. The fraction of sp³-hybridized carbons (Fsp3) is 0.294. The minimum Gasteiger partial charge on any atom is -0.451 e. The fourth-order valence-electron chi connectivity index (χ4n) is 2.63. The van der Waals surface area contributed by atoms with E-state index in [9.17, 15) is 27.6 Å². The zero-order valence-electron chi connectivity index (χ0n) is 15.5. The van der Waals surface area contributed by atoms with E-state index in [4.69, 9.17) is 9.47 Å². The van der Waals surface area contributed by atoms with Gasteiger partial charge in [-0.05, 0) is 24.3 Å². The van der Waals surface area contributed by atoms with Gasteiger partial charge in [-0.25, -0.2) is 18.0 Å². The number of morpholine rings is 1. The third-order valence-electron chi connectivity index (χ3n) is 4.06. The van der Waals surface area contributed by atoms with Crippen LogP contribution >= 0.6 is 0 Å². The van der Waals surface area contributed by atoms with Gasteiger partial charge in [-0.1, -0.05) is 0 Å². The van der Waals surface area contributed by atoms with E-state index in [0.717, 1.165) is 6.07 Å². The van der Waals surface area contributed by atoms with Crippen molar-refractivity contribution in [3.63, 3.8) is 0 Å². The topological polar surface area (TPSA) is 168 Å². The van der Waals surface area contributed by atoms with Gasteiger partial charge < -0.3 is 19.8 Å². The molecule has 0 aliphatic carbocycles. The monoisotopic (exact) mass is 438 g/mol. The van der Waals surface area contributed by atoms with Crippen molar-refractivity contribution in [2.24, 2.45) is 0 Å². The second-order valence-corrected chi connectivity index (χ2v) is 8.10. The standard InChI is InChI=1S/C17H18N4O8S/c22-14-9-13(19-17(25)20-14)16(24)29-10-15(23)18-11-1-3-12(4-2-11)30(26,27)21-5-7-28-8-6-21/h1-4,9H,5-8,10H2,(H,18,23)(H2,19,20,22,25). The molecule has 1 aromatic carbocycles. The molecule has 0 radical (unpaired) electrons. The van der Waals surface area contributed by atoms with Crippen molar-refractivity contribution in [1.82, 2.24) is 14.3 Å². The summed E-state index contributed by atoms with van der Waals surface area (Å²) in [4.78, 5) is 50.1. The van der Waals surface area contributed by atoms with E-state index in [-0.39, 0.29) is 18.0 Å². The lowest BCUT2D eigenvalue weighted by molar-refractivity contribution is -0.119. The highest BCUT2D eigenvalue weighted by Gasteiger charge is 2.26. The maximum atomic E-state index is 12.6. The molecule has 1 aliphatic rings. The first-order chi connectivity index (χ1) is 14.3. The Morgan fingerprint density at radius 1 is 1.10 bits per heavy atom. The number of esters is 1. The molecule has 0 unspecified atom stereocenters. The molecule has 1 aliphatic heterocycles. The number of H-pyrrole nitrogens is 2. The van der Waals surface area contributed by atoms with Crippen molar-refractivity contribution in [3.05, 3.63) is 56.9 Å². The van der Waals surface area contributed by atoms with E-state index in [0.29, 0.717) is 18.9 Å². The van der Waals surface area contributed by atoms with Crippen LogP contribution in [0.5, 0.6) is 0 Å². The van der Waals surface area contributed by atoms with Crippen LogP contribution < -0.4 is 16.6 Å².